The highest BCUT2D eigenvalue weighted by Gasteiger charge is 2.36. The highest BCUT2D eigenvalue weighted by atomic mass is 16.3. The monoisotopic (exact) mass is 254 g/mol. The second kappa shape index (κ2) is 5.47. The van der Waals surface area contributed by atoms with Crippen molar-refractivity contribution in [3.05, 3.63) is 0 Å². The predicted molar refractivity (Wildman–Crippen MR) is 71.4 cm³/mol. The number of aliphatic hydroxyl groups is 1. The molecule has 2 amide bonds. The third kappa shape index (κ3) is 2.63. The molecule has 0 radical (unpaired) electrons. The van der Waals surface area contributed by atoms with Crippen LogP contribution in [0.25, 0.3) is 0 Å². The van der Waals surface area contributed by atoms with Gasteiger partial charge in [-0.05, 0) is 46.5 Å². The third-order valence-corrected chi connectivity index (χ3v) is 4.59. The summed E-state index contributed by atoms with van der Waals surface area (Å²) >= 11 is 0. The van der Waals surface area contributed by atoms with Crippen LogP contribution in [-0.4, -0.2) is 52.2 Å². The van der Waals surface area contributed by atoms with Gasteiger partial charge in [0.2, 0.25) is 0 Å². The van der Waals surface area contributed by atoms with Gasteiger partial charge >= 0.3 is 6.03 Å². The van der Waals surface area contributed by atoms with Gasteiger partial charge in [-0.1, -0.05) is 0 Å². The summed E-state index contributed by atoms with van der Waals surface area (Å²) in [5.41, 5.74) is 0. The van der Waals surface area contributed by atoms with Crippen molar-refractivity contribution in [2.24, 2.45) is 5.92 Å². The van der Waals surface area contributed by atoms with Gasteiger partial charge in [0.25, 0.3) is 0 Å². The first-order valence-corrected chi connectivity index (χ1v) is 7.26. The molecule has 0 aromatic rings. The van der Waals surface area contributed by atoms with E-state index in [2.05, 4.69) is 13.8 Å². The van der Waals surface area contributed by atoms with Crippen molar-refractivity contribution in [3.8, 4) is 0 Å². The van der Waals surface area contributed by atoms with Crippen LogP contribution >= 0.6 is 0 Å². The maximum Gasteiger partial charge on any atom is 0.320 e. The summed E-state index contributed by atoms with van der Waals surface area (Å²) in [4.78, 5) is 16.5. The van der Waals surface area contributed by atoms with Crippen LogP contribution in [0.3, 0.4) is 0 Å². The molecule has 1 N–H and O–H groups in total. The molecule has 2 rings (SSSR count). The molecule has 2 aliphatic rings. The lowest BCUT2D eigenvalue weighted by atomic mass is 9.98. The molecule has 2 heterocycles. The number of piperidine rings is 1. The summed E-state index contributed by atoms with van der Waals surface area (Å²) in [6.07, 6.45) is 4.08. The van der Waals surface area contributed by atoms with E-state index < -0.39 is 0 Å². The van der Waals surface area contributed by atoms with Crippen LogP contribution in [-0.2, 0) is 0 Å². The van der Waals surface area contributed by atoms with Crippen molar-refractivity contribution in [2.75, 3.05) is 13.1 Å². The third-order valence-electron chi connectivity index (χ3n) is 4.59. The number of hydrogen-bond acceptors (Lipinski definition) is 2. The maximum absolute atomic E-state index is 12.6. The van der Waals surface area contributed by atoms with E-state index >= 15 is 0 Å². The minimum atomic E-state index is -0.306. The Morgan fingerprint density at radius 1 is 1.22 bits per heavy atom. The zero-order chi connectivity index (χ0) is 13.3. The zero-order valence-corrected chi connectivity index (χ0v) is 11.8. The fraction of sp³-hybridized carbons (Fsp3) is 0.929. The highest BCUT2D eigenvalue weighted by Crippen LogP contribution is 2.27. The standard InChI is InChI=1S/C14H26N2O2/c1-10-5-4-6-11(2)16(10)14(18)15-8-7-13(9-15)12(3)17/h10-13,17H,4-9H2,1-3H3. The molecule has 0 aromatic carbocycles. The molecular weight excluding hydrogens is 228 g/mol. The molecule has 0 aromatic heterocycles. The van der Waals surface area contributed by atoms with Crippen LogP contribution < -0.4 is 0 Å². The molecule has 4 atom stereocenters. The summed E-state index contributed by atoms with van der Waals surface area (Å²) < 4.78 is 0. The molecule has 4 nitrogen and oxygen atoms in total. The van der Waals surface area contributed by atoms with Gasteiger partial charge in [-0.25, -0.2) is 4.79 Å². The summed E-state index contributed by atoms with van der Waals surface area (Å²) in [6.45, 7) is 7.63. The average molecular weight is 254 g/mol. The smallest absolute Gasteiger partial charge is 0.320 e. The van der Waals surface area contributed by atoms with Gasteiger partial charge < -0.3 is 14.9 Å². The van der Waals surface area contributed by atoms with Gasteiger partial charge in [0.15, 0.2) is 0 Å². The van der Waals surface area contributed by atoms with Crippen LogP contribution in [0.15, 0.2) is 0 Å². The number of carbonyl (C=O) groups is 1. The first-order valence-electron chi connectivity index (χ1n) is 7.26. The largest absolute Gasteiger partial charge is 0.393 e. The van der Waals surface area contributed by atoms with E-state index in [1.54, 1.807) is 0 Å². The van der Waals surface area contributed by atoms with Crippen molar-refractivity contribution in [3.63, 3.8) is 0 Å². The molecule has 0 bridgehead atoms. The van der Waals surface area contributed by atoms with Crippen molar-refractivity contribution in [1.82, 2.24) is 9.80 Å². The number of aliphatic hydroxyl groups excluding tert-OH is 1. The van der Waals surface area contributed by atoms with E-state index in [-0.39, 0.29) is 18.1 Å². The van der Waals surface area contributed by atoms with Gasteiger partial charge in [0.1, 0.15) is 0 Å². The second-order valence-corrected chi connectivity index (χ2v) is 6.05. The van der Waals surface area contributed by atoms with E-state index in [4.69, 9.17) is 0 Å². The molecule has 4 heteroatoms. The fourth-order valence-corrected chi connectivity index (χ4v) is 3.32. The Morgan fingerprint density at radius 2 is 1.83 bits per heavy atom. The van der Waals surface area contributed by atoms with Crippen molar-refractivity contribution < 1.29 is 9.90 Å². The minimum absolute atomic E-state index is 0.179. The summed E-state index contributed by atoms with van der Waals surface area (Å²) in [6, 6.07) is 0.886. The fourth-order valence-electron chi connectivity index (χ4n) is 3.32. The number of hydrogen-bond donors (Lipinski definition) is 1. The number of rotatable bonds is 1. The lowest BCUT2D eigenvalue weighted by Gasteiger charge is -2.41. The summed E-state index contributed by atoms with van der Waals surface area (Å²) in [7, 11) is 0. The molecule has 0 aliphatic carbocycles. The first-order chi connectivity index (χ1) is 8.50. The van der Waals surface area contributed by atoms with E-state index in [0.29, 0.717) is 18.6 Å². The number of urea groups is 1. The SMILES string of the molecule is CC(O)C1CCN(C(=O)N2C(C)CCCC2C)C1. The Kier molecular flexibility index (Phi) is 4.15. The maximum atomic E-state index is 12.6. The highest BCUT2D eigenvalue weighted by molar-refractivity contribution is 5.75. The number of amides is 2. The van der Waals surface area contributed by atoms with Crippen LogP contribution in [0.5, 0.6) is 0 Å². The summed E-state index contributed by atoms with van der Waals surface area (Å²) in [5, 5.41) is 9.61. The quantitative estimate of drug-likeness (QED) is 0.778. The first kappa shape index (κ1) is 13.7. The van der Waals surface area contributed by atoms with E-state index in [1.807, 2.05) is 16.7 Å². The topological polar surface area (TPSA) is 43.8 Å². The predicted octanol–water partition coefficient (Wildman–Crippen LogP) is 2.07. The molecule has 18 heavy (non-hydrogen) atoms. The Bertz CT molecular complexity index is 296. The summed E-state index contributed by atoms with van der Waals surface area (Å²) in [5.74, 6) is 0.254. The number of likely N-dealkylation sites (tertiary alicyclic amines) is 2. The Hall–Kier alpha value is -0.770. The molecule has 104 valence electrons. The van der Waals surface area contributed by atoms with Crippen molar-refractivity contribution >= 4 is 6.03 Å². The molecule has 2 fully saturated rings. The normalized spacial score (nSPS) is 34.8. The van der Waals surface area contributed by atoms with Crippen LogP contribution in [0, 0.1) is 5.92 Å². The minimum Gasteiger partial charge on any atom is -0.393 e. The Balaban J connectivity index is 1.98. The Morgan fingerprint density at radius 3 is 2.33 bits per heavy atom. The van der Waals surface area contributed by atoms with Gasteiger partial charge in [-0.3, -0.25) is 0 Å². The number of nitrogens with zero attached hydrogens (tertiary/aromatic N) is 2. The van der Waals surface area contributed by atoms with Crippen molar-refractivity contribution in [1.29, 1.82) is 0 Å². The van der Waals surface area contributed by atoms with Gasteiger partial charge in [-0.2, -0.15) is 0 Å². The van der Waals surface area contributed by atoms with Gasteiger partial charge in [0.05, 0.1) is 6.10 Å². The van der Waals surface area contributed by atoms with Gasteiger partial charge in [-0.15, -0.1) is 0 Å². The van der Waals surface area contributed by atoms with E-state index in [9.17, 15) is 9.90 Å². The molecular formula is C14H26N2O2. The van der Waals surface area contributed by atoms with E-state index in [0.717, 1.165) is 25.8 Å². The van der Waals surface area contributed by atoms with Crippen LogP contribution in [0.4, 0.5) is 4.79 Å². The van der Waals surface area contributed by atoms with E-state index in [1.165, 1.54) is 6.42 Å². The zero-order valence-electron chi connectivity index (χ0n) is 11.8. The van der Waals surface area contributed by atoms with Crippen LogP contribution in [0.2, 0.25) is 0 Å². The van der Waals surface area contributed by atoms with Gasteiger partial charge in [0, 0.05) is 31.1 Å². The van der Waals surface area contributed by atoms with Crippen LogP contribution in [0.1, 0.15) is 46.5 Å². The molecule has 2 aliphatic heterocycles. The lowest BCUT2D eigenvalue weighted by Crippen LogP contribution is -2.52. The number of carbonyl (C=O) groups excluding carboxylic acids is 1. The average Bonchev–Trinajstić information content (AvgIpc) is 2.77. The molecule has 0 spiro atoms. The lowest BCUT2D eigenvalue weighted by molar-refractivity contribution is 0.0915. The molecule has 2 saturated heterocycles. The Labute approximate surface area is 110 Å². The van der Waals surface area contributed by atoms with Crippen molar-refractivity contribution in [2.45, 2.75) is 64.6 Å². The molecule has 0 saturated carbocycles. The molecule has 4 unspecified atom stereocenters. The second-order valence-electron chi connectivity index (χ2n) is 6.05.